The number of carbonyl (C=O) groups is 1. The van der Waals surface area contributed by atoms with E-state index in [-0.39, 0.29) is 11.8 Å². The molecule has 0 bridgehead atoms. The quantitative estimate of drug-likeness (QED) is 0.717. The largest absolute Gasteiger partial charge is 0.351 e. The van der Waals surface area contributed by atoms with E-state index >= 15 is 0 Å². The molecule has 7 heteroatoms. The van der Waals surface area contributed by atoms with E-state index in [2.05, 4.69) is 32.6 Å². The van der Waals surface area contributed by atoms with Crippen LogP contribution < -0.4 is 10.6 Å². The molecule has 2 rings (SSSR count). The lowest BCUT2D eigenvalue weighted by atomic mass is 10.1. The molecule has 0 radical (unpaired) electrons. The Bertz CT molecular complexity index is 702. The maximum Gasteiger partial charge on any atom is 0.254 e. The molecule has 2 N–H and O–H groups in total. The van der Waals surface area contributed by atoms with Crippen LogP contribution >= 0.6 is 0 Å². The second-order valence-electron chi connectivity index (χ2n) is 6.48. The lowest BCUT2D eigenvalue weighted by Gasteiger charge is -2.07. The van der Waals surface area contributed by atoms with Gasteiger partial charge in [0.25, 0.3) is 11.9 Å². The lowest BCUT2D eigenvalue weighted by molar-refractivity contribution is 0.0952. The van der Waals surface area contributed by atoms with E-state index in [0.29, 0.717) is 18.1 Å². The Hall–Kier alpha value is -2.28. The maximum absolute atomic E-state index is 12.5. The van der Waals surface area contributed by atoms with E-state index in [4.69, 9.17) is 0 Å². The van der Waals surface area contributed by atoms with Crippen molar-refractivity contribution in [3.63, 3.8) is 0 Å². The van der Waals surface area contributed by atoms with Crippen molar-refractivity contribution in [2.75, 3.05) is 19.6 Å². The molecule has 0 aliphatic rings. The van der Waals surface area contributed by atoms with Gasteiger partial charge in [-0.05, 0) is 38.8 Å². The number of carbonyl (C=O) groups excluding carboxylic acids is 1. The lowest BCUT2D eigenvalue weighted by Crippen LogP contribution is -2.32. The van der Waals surface area contributed by atoms with Gasteiger partial charge in [0, 0.05) is 30.7 Å². The molecule has 7 nitrogen and oxygen atoms in total. The van der Waals surface area contributed by atoms with Gasteiger partial charge in [-0.1, -0.05) is 20.8 Å². The number of nitrogens with zero attached hydrogens (tertiary/aromatic N) is 4. The van der Waals surface area contributed by atoms with Crippen LogP contribution in [0.15, 0.2) is 12.3 Å². The summed E-state index contributed by atoms with van der Waals surface area (Å²) in [4.78, 5) is 21.4. The third kappa shape index (κ3) is 5.09. The molecule has 0 saturated carbocycles. The predicted molar refractivity (Wildman–Crippen MR) is 98.2 cm³/mol. The molecule has 25 heavy (non-hydrogen) atoms. The first kappa shape index (κ1) is 19.1. The molecule has 0 saturated heterocycles. The van der Waals surface area contributed by atoms with E-state index in [1.807, 2.05) is 33.8 Å². The van der Waals surface area contributed by atoms with Gasteiger partial charge in [-0.3, -0.25) is 4.79 Å². The SMILES string of the molecule is CCCNCCNC(=O)c1cn(-c2nc(C)cc(C)n2)nc1C(C)C. The van der Waals surface area contributed by atoms with Crippen molar-refractivity contribution in [1.29, 1.82) is 0 Å². The fraction of sp³-hybridized carbons (Fsp3) is 0.556. The third-order valence-electron chi connectivity index (χ3n) is 3.72. The minimum Gasteiger partial charge on any atom is -0.351 e. The average Bonchev–Trinajstić information content (AvgIpc) is 2.99. The topological polar surface area (TPSA) is 84.7 Å². The van der Waals surface area contributed by atoms with Gasteiger partial charge in [-0.25, -0.2) is 14.6 Å². The first-order chi connectivity index (χ1) is 11.9. The van der Waals surface area contributed by atoms with Gasteiger partial charge in [-0.2, -0.15) is 5.10 Å². The molecule has 1 amide bonds. The number of aryl methyl sites for hydroxylation is 2. The van der Waals surface area contributed by atoms with Crippen molar-refractivity contribution < 1.29 is 4.79 Å². The van der Waals surface area contributed by atoms with E-state index in [1.165, 1.54) is 0 Å². The predicted octanol–water partition coefficient (Wildman–Crippen LogP) is 2.13. The van der Waals surface area contributed by atoms with Gasteiger partial charge in [0.15, 0.2) is 0 Å². The summed E-state index contributed by atoms with van der Waals surface area (Å²) in [5, 5.41) is 10.8. The summed E-state index contributed by atoms with van der Waals surface area (Å²) in [5.74, 6) is 0.506. The van der Waals surface area contributed by atoms with Crippen LogP contribution in [0.3, 0.4) is 0 Å². The van der Waals surface area contributed by atoms with Gasteiger partial charge in [0.2, 0.25) is 0 Å². The van der Waals surface area contributed by atoms with E-state index in [0.717, 1.165) is 36.6 Å². The second-order valence-corrected chi connectivity index (χ2v) is 6.48. The Morgan fingerprint density at radius 1 is 1.16 bits per heavy atom. The zero-order valence-electron chi connectivity index (χ0n) is 15.8. The summed E-state index contributed by atoms with van der Waals surface area (Å²) in [7, 11) is 0. The number of amides is 1. The van der Waals surface area contributed by atoms with Crippen molar-refractivity contribution in [2.45, 2.75) is 47.0 Å². The van der Waals surface area contributed by atoms with Crippen LogP contribution in [0.4, 0.5) is 0 Å². The van der Waals surface area contributed by atoms with Crippen LogP contribution in [0.25, 0.3) is 5.95 Å². The molecule has 0 atom stereocenters. The number of aromatic nitrogens is 4. The Kier molecular flexibility index (Phi) is 6.64. The summed E-state index contributed by atoms with van der Waals surface area (Å²) >= 11 is 0. The van der Waals surface area contributed by atoms with Crippen molar-refractivity contribution in [3.05, 3.63) is 34.9 Å². The highest BCUT2D eigenvalue weighted by Gasteiger charge is 2.20. The van der Waals surface area contributed by atoms with Crippen molar-refractivity contribution in [2.24, 2.45) is 0 Å². The highest BCUT2D eigenvalue weighted by molar-refractivity contribution is 5.95. The van der Waals surface area contributed by atoms with Crippen molar-refractivity contribution in [3.8, 4) is 5.95 Å². The Morgan fingerprint density at radius 3 is 2.44 bits per heavy atom. The van der Waals surface area contributed by atoms with E-state index in [1.54, 1.807) is 10.9 Å². The third-order valence-corrected chi connectivity index (χ3v) is 3.72. The summed E-state index contributed by atoms with van der Waals surface area (Å²) < 4.78 is 1.60. The van der Waals surface area contributed by atoms with E-state index < -0.39 is 0 Å². The fourth-order valence-corrected chi connectivity index (χ4v) is 2.56. The zero-order chi connectivity index (χ0) is 18.4. The van der Waals surface area contributed by atoms with Crippen LogP contribution in [-0.2, 0) is 0 Å². The monoisotopic (exact) mass is 344 g/mol. The zero-order valence-corrected chi connectivity index (χ0v) is 15.8. The molecule has 0 fully saturated rings. The van der Waals surface area contributed by atoms with Crippen LogP contribution in [-0.4, -0.2) is 45.3 Å². The van der Waals surface area contributed by atoms with Crippen LogP contribution in [0, 0.1) is 13.8 Å². The van der Waals surface area contributed by atoms with Gasteiger partial charge in [0.1, 0.15) is 0 Å². The second kappa shape index (κ2) is 8.71. The normalized spacial score (nSPS) is 11.1. The molecular formula is C18H28N6O. The van der Waals surface area contributed by atoms with Crippen molar-refractivity contribution >= 4 is 5.91 Å². The Balaban J connectivity index is 2.20. The standard InChI is InChI=1S/C18H28N6O/c1-6-7-19-8-9-20-17(25)15-11-24(23-16(15)12(2)3)18-21-13(4)10-14(5)22-18/h10-12,19H,6-9H2,1-5H3,(H,20,25). The van der Waals surface area contributed by atoms with Crippen molar-refractivity contribution in [1.82, 2.24) is 30.4 Å². The summed E-state index contributed by atoms with van der Waals surface area (Å²) in [6, 6.07) is 1.91. The highest BCUT2D eigenvalue weighted by atomic mass is 16.1. The van der Waals surface area contributed by atoms with Crippen LogP contribution in [0.1, 0.15) is 60.5 Å². The van der Waals surface area contributed by atoms with Gasteiger partial charge in [-0.15, -0.1) is 0 Å². The smallest absolute Gasteiger partial charge is 0.254 e. The molecule has 0 aliphatic heterocycles. The van der Waals surface area contributed by atoms with Crippen LogP contribution in [0.2, 0.25) is 0 Å². The van der Waals surface area contributed by atoms with E-state index in [9.17, 15) is 4.79 Å². The molecule has 2 aromatic rings. The molecule has 2 aromatic heterocycles. The molecule has 136 valence electrons. The van der Waals surface area contributed by atoms with Crippen LogP contribution in [0.5, 0.6) is 0 Å². The molecule has 0 aliphatic carbocycles. The molecular weight excluding hydrogens is 316 g/mol. The molecule has 0 spiro atoms. The number of hydrogen-bond donors (Lipinski definition) is 2. The molecule has 0 aromatic carbocycles. The number of rotatable bonds is 8. The molecule has 0 unspecified atom stereocenters. The summed E-state index contributed by atoms with van der Waals surface area (Å²) in [5.41, 5.74) is 3.07. The molecule has 2 heterocycles. The van der Waals surface area contributed by atoms with Gasteiger partial charge >= 0.3 is 0 Å². The fourth-order valence-electron chi connectivity index (χ4n) is 2.56. The minimum absolute atomic E-state index is 0.113. The number of hydrogen-bond acceptors (Lipinski definition) is 5. The highest BCUT2D eigenvalue weighted by Crippen LogP contribution is 2.19. The van der Waals surface area contributed by atoms with Gasteiger partial charge in [0.05, 0.1) is 11.3 Å². The average molecular weight is 344 g/mol. The van der Waals surface area contributed by atoms with Gasteiger partial charge < -0.3 is 10.6 Å². The number of nitrogens with one attached hydrogen (secondary N) is 2. The Labute approximate surface area is 149 Å². The Morgan fingerprint density at radius 2 is 1.84 bits per heavy atom. The maximum atomic E-state index is 12.5. The minimum atomic E-state index is -0.113. The summed E-state index contributed by atoms with van der Waals surface area (Å²) in [6.07, 6.45) is 2.80. The first-order valence-corrected chi connectivity index (χ1v) is 8.83. The summed E-state index contributed by atoms with van der Waals surface area (Å²) in [6.45, 7) is 12.3. The first-order valence-electron chi connectivity index (χ1n) is 8.83.